The standard InChI is InChI=1S/C18H14BrNO4/c1-11-17(22)20(10-15(21)12-6-8-13(19)9-7-12)18(23)14-4-2-3-5-16(14)24-11/h2-9,11H,10H2,1H3. The van der Waals surface area contributed by atoms with Crippen molar-refractivity contribution >= 4 is 33.5 Å². The predicted molar refractivity (Wildman–Crippen MR) is 91.0 cm³/mol. The minimum atomic E-state index is -0.838. The van der Waals surface area contributed by atoms with Gasteiger partial charge in [-0.05, 0) is 31.2 Å². The fraction of sp³-hybridized carbons (Fsp3) is 0.167. The normalized spacial score (nSPS) is 17.1. The summed E-state index contributed by atoms with van der Waals surface area (Å²) in [4.78, 5) is 38.5. The van der Waals surface area contributed by atoms with Crippen LogP contribution in [0.4, 0.5) is 0 Å². The average Bonchev–Trinajstić information content (AvgIpc) is 2.66. The summed E-state index contributed by atoms with van der Waals surface area (Å²) in [6.45, 7) is 1.25. The summed E-state index contributed by atoms with van der Waals surface area (Å²) < 4.78 is 6.39. The SMILES string of the molecule is CC1Oc2ccccc2C(=O)N(CC(=O)c2ccc(Br)cc2)C1=O. The summed E-state index contributed by atoms with van der Waals surface area (Å²) in [6.07, 6.45) is -0.838. The molecule has 1 atom stereocenters. The Labute approximate surface area is 147 Å². The molecule has 0 saturated carbocycles. The van der Waals surface area contributed by atoms with Gasteiger partial charge in [-0.1, -0.05) is 40.2 Å². The van der Waals surface area contributed by atoms with Crippen molar-refractivity contribution in [2.45, 2.75) is 13.0 Å². The van der Waals surface area contributed by atoms with E-state index in [4.69, 9.17) is 4.74 Å². The highest BCUT2D eigenvalue weighted by molar-refractivity contribution is 9.10. The molecule has 0 aromatic heterocycles. The van der Waals surface area contributed by atoms with Gasteiger partial charge < -0.3 is 4.74 Å². The highest BCUT2D eigenvalue weighted by Crippen LogP contribution is 2.25. The number of imide groups is 1. The smallest absolute Gasteiger partial charge is 0.270 e. The molecule has 0 aliphatic carbocycles. The Morgan fingerprint density at radius 1 is 1.12 bits per heavy atom. The lowest BCUT2D eigenvalue weighted by Gasteiger charge is -2.19. The Hall–Kier alpha value is -2.47. The lowest BCUT2D eigenvalue weighted by molar-refractivity contribution is -0.134. The van der Waals surface area contributed by atoms with Crippen LogP contribution in [0.25, 0.3) is 0 Å². The van der Waals surface area contributed by atoms with Crippen molar-refractivity contribution in [1.82, 2.24) is 4.90 Å². The van der Waals surface area contributed by atoms with Crippen molar-refractivity contribution in [3.05, 3.63) is 64.1 Å². The Morgan fingerprint density at radius 2 is 1.79 bits per heavy atom. The van der Waals surface area contributed by atoms with Gasteiger partial charge in [0, 0.05) is 10.0 Å². The number of Topliss-reactive ketones (excluding diaryl/α,β-unsaturated/α-hetero) is 1. The molecule has 0 N–H and O–H groups in total. The number of rotatable bonds is 3. The van der Waals surface area contributed by atoms with Crippen molar-refractivity contribution < 1.29 is 19.1 Å². The average molecular weight is 388 g/mol. The number of amides is 2. The first-order valence-electron chi connectivity index (χ1n) is 7.37. The molecule has 2 amide bonds. The highest BCUT2D eigenvalue weighted by Gasteiger charge is 2.35. The maximum atomic E-state index is 12.7. The number of nitrogens with zero attached hydrogens (tertiary/aromatic N) is 1. The topological polar surface area (TPSA) is 63.7 Å². The summed E-state index contributed by atoms with van der Waals surface area (Å²) in [6, 6.07) is 13.4. The zero-order valence-electron chi connectivity index (χ0n) is 12.9. The van der Waals surface area contributed by atoms with E-state index in [0.717, 1.165) is 9.37 Å². The predicted octanol–water partition coefficient (Wildman–Crippen LogP) is 3.08. The first-order chi connectivity index (χ1) is 11.5. The molecule has 5 nitrogen and oxygen atoms in total. The molecule has 0 saturated heterocycles. The second kappa shape index (κ2) is 6.57. The zero-order chi connectivity index (χ0) is 17.3. The second-order valence-corrected chi connectivity index (χ2v) is 6.33. The maximum Gasteiger partial charge on any atom is 0.270 e. The molecule has 0 fully saturated rings. The molecule has 1 aliphatic heterocycles. The number of fused-ring (bicyclic) bond motifs is 1. The zero-order valence-corrected chi connectivity index (χ0v) is 14.4. The largest absolute Gasteiger partial charge is 0.480 e. The van der Waals surface area contributed by atoms with E-state index in [2.05, 4.69) is 15.9 Å². The summed E-state index contributed by atoms with van der Waals surface area (Å²) in [5, 5.41) is 0. The second-order valence-electron chi connectivity index (χ2n) is 5.42. The van der Waals surface area contributed by atoms with Gasteiger partial charge in [0.2, 0.25) is 0 Å². The number of halogens is 1. The molecule has 2 aromatic carbocycles. The number of carbonyl (C=O) groups excluding carboxylic acids is 3. The van der Waals surface area contributed by atoms with Gasteiger partial charge in [0.05, 0.1) is 12.1 Å². The van der Waals surface area contributed by atoms with Crippen LogP contribution < -0.4 is 4.74 Å². The van der Waals surface area contributed by atoms with Crippen LogP contribution >= 0.6 is 15.9 Å². The Kier molecular flexibility index (Phi) is 4.49. The summed E-state index contributed by atoms with van der Waals surface area (Å²) in [5.74, 6) is -1.01. The summed E-state index contributed by atoms with van der Waals surface area (Å²) in [7, 11) is 0. The number of hydrogen-bond donors (Lipinski definition) is 0. The third-order valence-corrected chi connectivity index (χ3v) is 4.28. The van der Waals surface area contributed by atoms with Crippen LogP contribution in [-0.2, 0) is 4.79 Å². The van der Waals surface area contributed by atoms with E-state index in [-0.39, 0.29) is 17.9 Å². The van der Waals surface area contributed by atoms with E-state index in [1.54, 1.807) is 55.5 Å². The molecule has 2 aromatic rings. The first kappa shape index (κ1) is 16.4. The van der Waals surface area contributed by atoms with Crippen LogP contribution in [0.3, 0.4) is 0 Å². The molecular formula is C18H14BrNO4. The van der Waals surface area contributed by atoms with Crippen molar-refractivity contribution in [3.63, 3.8) is 0 Å². The van der Waals surface area contributed by atoms with Crippen molar-refractivity contribution in [3.8, 4) is 5.75 Å². The van der Waals surface area contributed by atoms with E-state index < -0.39 is 17.9 Å². The van der Waals surface area contributed by atoms with Crippen LogP contribution in [-0.4, -0.2) is 35.1 Å². The quantitative estimate of drug-likeness (QED) is 0.599. The van der Waals surface area contributed by atoms with E-state index in [1.165, 1.54) is 0 Å². The van der Waals surface area contributed by atoms with E-state index >= 15 is 0 Å². The molecule has 0 spiro atoms. The minimum Gasteiger partial charge on any atom is -0.480 e. The molecule has 24 heavy (non-hydrogen) atoms. The van der Waals surface area contributed by atoms with Crippen LogP contribution in [0.5, 0.6) is 5.75 Å². The van der Waals surface area contributed by atoms with E-state index in [0.29, 0.717) is 11.3 Å². The van der Waals surface area contributed by atoms with Gasteiger partial charge in [-0.25, -0.2) is 0 Å². The summed E-state index contributed by atoms with van der Waals surface area (Å²) in [5.41, 5.74) is 0.712. The number of para-hydroxylation sites is 1. The number of hydrogen-bond acceptors (Lipinski definition) is 4. The maximum absolute atomic E-state index is 12.7. The van der Waals surface area contributed by atoms with Gasteiger partial charge in [0.15, 0.2) is 11.9 Å². The number of carbonyl (C=O) groups is 3. The molecule has 1 unspecified atom stereocenters. The van der Waals surface area contributed by atoms with Gasteiger partial charge in [0.25, 0.3) is 11.8 Å². The lowest BCUT2D eigenvalue weighted by Crippen LogP contribution is -2.44. The van der Waals surface area contributed by atoms with Crippen molar-refractivity contribution in [2.24, 2.45) is 0 Å². The van der Waals surface area contributed by atoms with Gasteiger partial charge >= 0.3 is 0 Å². The van der Waals surface area contributed by atoms with Crippen LogP contribution in [0.15, 0.2) is 53.0 Å². The van der Waals surface area contributed by atoms with Crippen molar-refractivity contribution in [1.29, 1.82) is 0 Å². The molecular weight excluding hydrogens is 374 g/mol. The molecule has 6 heteroatoms. The minimum absolute atomic E-state index is 0.277. The highest BCUT2D eigenvalue weighted by atomic mass is 79.9. The first-order valence-corrected chi connectivity index (χ1v) is 8.17. The number of ketones is 1. The lowest BCUT2D eigenvalue weighted by atomic mass is 10.1. The molecule has 1 heterocycles. The molecule has 0 radical (unpaired) electrons. The molecule has 3 rings (SSSR count). The monoisotopic (exact) mass is 387 g/mol. The number of benzene rings is 2. The molecule has 1 aliphatic rings. The van der Waals surface area contributed by atoms with E-state index in [9.17, 15) is 14.4 Å². The van der Waals surface area contributed by atoms with Gasteiger partial charge in [0.1, 0.15) is 5.75 Å². The van der Waals surface area contributed by atoms with Gasteiger partial charge in [-0.15, -0.1) is 0 Å². The molecule has 0 bridgehead atoms. The fourth-order valence-electron chi connectivity index (χ4n) is 2.47. The van der Waals surface area contributed by atoms with Crippen LogP contribution in [0, 0.1) is 0 Å². The van der Waals surface area contributed by atoms with Crippen LogP contribution in [0.2, 0.25) is 0 Å². The van der Waals surface area contributed by atoms with Crippen molar-refractivity contribution in [2.75, 3.05) is 6.54 Å². The van der Waals surface area contributed by atoms with Gasteiger partial charge in [-0.3, -0.25) is 19.3 Å². The number of ether oxygens (including phenoxy) is 1. The Morgan fingerprint density at radius 3 is 2.50 bits per heavy atom. The molecule has 122 valence electrons. The third-order valence-electron chi connectivity index (χ3n) is 3.75. The summed E-state index contributed by atoms with van der Waals surface area (Å²) >= 11 is 3.30. The van der Waals surface area contributed by atoms with E-state index in [1.807, 2.05) is 0 Å². The van der Waals surface area contributed by atoms with Crippen LogP contribution in [0.1, 0.15) is 27.6 Å². The fourth-order valence-corrected chi connectivity index (χ4v) is 2.74. The third kappa shape index (κ3) is 3.10. The Bertz CT molecular complexity index is 816. The Balaban J connectivity index is 1.91. The van der Waals surface area contributed by atoms with Gasteiger partial charge in [-0.2, -0.15) is 0 Å².